The van der Waals surface area contributed by atoms with Crippen LogP contribution in [0.25, 0.3) is 0 Å². The third kappa shape index (κ3) is 5.61. The highest BCUT2D eigenvalue weighted by atomic mass is 16.2. The lowest BCUT2D eigenvalue weighted by Gasteiger charge is -2.38. The Balaban J connectivity index is 1.31. The van der Waals surface area contributed by atoms with Crippen molar-refractivity contribution in [1.82, 2.24) is 20.1 Å². The molecule has 176 valence electrons. The Labute approximate surface area is 197 Å². The Kier molecular flexibility index (Phi) is 7.43. The molecule has 2 fully saturated rings. The maximum Gasteiger partial charge on any atom is 0.229 e. The summed E-state index contributed by atoms with van der Waals surface area (Å²) in [5, 5.41) is 3.23. The highest BCUT2D eigenvalue weighted by Gasteiger charge is 2.47. The first-order chi connectivity index (χ1) is 16.0. The van der Waals surface area contributed by atoms with Gasteiger partial charge in [-0.1, -0.05) is 50.2 Å². The highest BCUT2D eigenvalue weighted by molar-refractivity contribution is 5.85. The van der Waals surface area contributed by atoms with Crippen LogP contribution in [0.5, 0.6) is 0 Å². The van der Waals surface area contributed by atoms with E-state index < -0.39 is 0 Å². The minimum atomic E-state index is -0.191. The number of nitrogens with one attached hydrogen (secondary N) is 1. The molecule has 6 heteroatoms. The standard InChI is InChI=1S/C27H36N4O2/c1-21(2)25(32)29-24(23-8-4-3-5-9-23)10-15-30-16-11-27(12-17-30)13-18-31(26(27)33)20-22-7-6-14-28-19-22/h3-9,14,19,21,24H,10-13,15-18,20H2,1-2H3,(H,29,32)/t24-/m0/s1. The molecule has 6 nitrogen and oxygen atoms in total. The lowest BCUT2D eigenvalue weighted by atomic mass is 9.77. The van der Waals surface area contributed by atoms with Crippen molar-refractivity contribution in [3.63, 3.8) is 0 Å². The van der Waals surface area contributed by atoms with Crippen molar-refractivity contribution in [2.75, 3.05) is 26.2 Å². The molecule has 0 saturated carbocycles. The molecular formula is C27H36N4O2. The Bertz CT molecular complexity index is 924. The molecule has 2 saturated heterocycles. The summed E-state index contributed by atoms with van der Waals surface area (Å²) in [7, 11) is 0. The summed E-state index contributed by atoms with van der Waals surface area (Å²) < 4.78 is 0. The van der Waals surface area contributed by atoms with Gasteiger partial charge in [0.05, 0.1) is 11.5 Å². The number of piperidine rings is 1. The van der Waals surface area contributed by atoms with E-state index in [1.54, 1.807) is 6.20 Å². The summed E-state index contributed by atoms with van der Waals surface area (Å²) in [4.78, 5) is 34.3. The van der Waals surface area contributed by atoms with Crippen LogP contribution in [0.3, 0.4) is 0 Å². The SMILES string of the molecule is CC(C)C(=O)N[C@@H](CCN1CCC2(CC1)CCN(Cc1cccnc1)C2=O)c1ccccc1. The number of hydrogen-bond donors (Lipinski definition) is 1. The number of benzene rings is 1. The summed E-state index contributed by atoms with van der Waals surface area (Å²) >= 11 is 0. The molecule has 2 aromatic rings. The fraction of sp³-hybridized carbons (Fsp3) is 0.519. The van der Waals surface area contributed by atoms with Crippen molar-refractivity contribution in [1.29, 1.82) is 0 Å². The van der Waals surface area contributed by atoms with Crippen LogP contribution in [0.4, 0.5) is 0 Å². The number of likely N-dealkylation sites (tertiary alicyclic amines) is 2. The first-order valence-corrected chi connectivity index (χ1v) is 12.2. The van der Waals surface area contributed by atoms with Gasteiger partial charge in [0.15, 0.2) is 0 Å². The second-order valence-corrected chi connectivity index (χ2v) is 9.88. The summed E-state index contributed by atoms with van der Waals surface area (Å²) in [6.07, 6.45) is 7.28. The van der Waals surface area contributed by atoms with Gasteiger partial charge in [-0.15, -0.1) is 0 Å². The number of hydrogen-bond acceptors (Lipinski definition) is 4. The molecule has 1 N–H and O–H groups in total. The molecule has 1 spiro atoms. The van der Waals surface area contributed by atoms with Crippen molar-refractivity contribution >= 4 is 11.8 Å². The molecule has 33 heavy (non-hydrogen) atoms. The van der Waals surface area contributed by atoms with Crippen molar-refractivity contribution in [3.05, 3.63) is 66.0 Å². The topological polar surface area (TPSA) is 65.5 Å². The number of nitrogens with zero attached hydrogens (tertiary/aromatic N) is 3. The lowest BCUT2D eigenvalue weighted by Crippen LogP contribution is -2.45. The zero-order valence-corrected chi connectivity index (χ0v) is 19.9. The van der Waals surface area contributed by atoms with E-state index >= 15 is 0 Å². The molecule has 2 aliphatic heterocycles. The Morgan fingerprint density at radius 3 is 2.45 bits per heavy atom. The number of carbonyl (C=O) groups is 2. The van der Waals surface area contributed by atoms with E-state index in [0.29, 0.717) is 12.5 Å². The van der Waals surface area contributed by atoms with E-state index in [4.69, 9.17) is 0 Å². The predicted molar refractivity (Wildman–Crippen MR) is 129 cm³/mol. The van der Waals surface area contributed by atoms with E-state index in [0.717, 1.165) is 63.0 Å². The van der Waals surface area contributed by atoms with Gasteiger partial charge in [-0.05, 0) is 56.0 Å². The maximum atomic E-state index is 13.3. The molecule has 0 unspecified atom stereocenters. The van der Waals surface area contributed by atoms with Crippen LogP contribution in [0.2, 0.25) is 0 Å². The molecule has 0 radical (unpaired) electrons. The van der Waals surface area contributed by atoms with Gasteiger partial charge in [0, 0.05) is 37.9 Å². The van der Waals surface area contributed by atoms with Crippen LogP contribution in [-0.4, -0.2) is 52.8 Å². The van der Waals surface area contributed by atoms with Gasteiger partial charge in [-0.2, -0.15) is 0 Å². The smallest absolute Gasteiger partial charge is 0.229 e. The lowest BCUT2D eigenvalue weighted by molar-refractivity contribution is -0.139. The van der Waals surface area contributed by atoms with Gasteiger partial charge in [0.1, 0.15) is 0 Å². The van der Waals surface area contributed by atoms with Crippen LogP contribution in [-0.2, 0) is 16.1 Å². The molecule has 0 bridgehead atoms. The van der Waals surface area contributed by atoms with Crippen LogP contribution in [0.1, 0.15) is 56.7 Å². The van der Waals surface area contributed by atoms with Crippen molar-refractivity contribution in [3.8, 4) is 0 Å². The maximum absolute atomic E-state index is 13.3. The number of rotatable bonds is 8. The van der Waals surface area contributed by atoms with Gasteiger partial charge < -0.3 is 15.1 Å². The highest BCUT2D eigenvalue weighted by Crippen LogP contribution is 2.42. The number of pyridine rings is 1. The Morgan fingerprint density at radius 1 is 1.06 bits per heavy atom. The van der Waals surface area contributed by atoms with Crippen molar-refractivity contribution < 1.29 is 9.59 Å². The molecule has 2 amide bonds. The molecule has 1 aromatic heterocycles. The first-order valence-electron chi connectivity index (χ1n) is 12.2. The third-order valence-corrected chi connectivity index (χ3v) is 7.29. The van der Waals surface area contributed by atoms with Gasteiger partial charge in [0.25, 0.3) is 0 Å². The quantitative estimate of drug-likeness (QED) is 0.667. The van der Waals surface area contributed by atoms with Gasteiger partial charge in [-0.3, -0.25) is 14.6 Å². The zero-order valence-electron chi connectivity index (χ0n) is 19.9. The molecule has 4 rings (SSSR count). The van der Waals surface area contributed by atoms with Gasteiger partial charge in [-0.25, -0.2) is 0 Å². The molecule has 1 atom stereocenters. The van der Waals surface area contributed by atoms with E-state index in [1.807, 2.05) is 55.3 Å². The van der Waals surface area contributed by atoms with E-state index in [-0.39, 0.29) is 23.3 Å². The van der Waals surface area contributed by atoms with Crippen LogP contribution < -0.4 is 5.32 Å². The second kappa shape index (κ2) is 10.5. The minimum absolute atomic E-state index is 0.0140. The monoisotopic (exact) mass is 448 g/mol. The molecule has 2 aliphatic rings. The van der Waals surface area contributed by atoms with Crippen molar-refractivity contribution in [2.45, 2.75) is 52.1 Å². The van der Waals surface area contributed by atoms with E-state index in [1.165, 1.54) is 0 Å². The number of aromatic nitrogens is 1. The van der Waals surface area contributed by atoms with Gasteiger partial charge in [0.2, 0.25) is 11.8 Å². The zero-order chi connectivity index (χ0) is 23.3. The van der Waals surface area contributed by atoms with Crippen LogP contribution in [0, 0.1) is 11.3 Å². The summed E-state index contributed by atoms with van der Waals surface area (Å²) in [5.41, 5.74) is 2.05. The second-order valence-electron chi connectivity index (χ2n) is 9.88. The minimum Gasteiger partial charge on any atom is -0.349 e. The molecule has 0 aliphatic carbocycles. The Hall–Kier alpha value is -2.73. The Morgan fingerprint density at radius 2 is 1.79 bits per heavy atom. The predicted octanol–water partition coefficient (Wildman–Crippen LogP) is 3.80. The number of carbonyl (C=O) groups excluding carboxylic acids is 2. The molecule has 1 aromatic carbocycles. The van der Waals surface area contributed by atoms with E-state index in [9.17, 15) is 9.59 Å². The normalized spacial score (nSPS) is 19.2. The average Bonchev–Trinajstić information content (AvgIpc) is 3.13. The molecular weight excluding hydrogens is 412 g/mol. The third-order valence-electron chi connectivity index (χ3n) is 7.29. The summed E-state index contributed by atoms with van der Waals surface area (Å²) in [6.45, 7) is 8.15. The van der Waals surface area contributed by atoms with Crippen LogP contribution in [0.15, 0.2) is 54.9 Å². The summed E-state index contributed by atoms with van der Waals surface area (Å²) in [5.74, 6) is 0.373. The summed E-state index contributed by atoms with van der Waals surface area (Å²) in [6, 6.07) is 14.2. The number of amides is 2. The van der Waals surface area contributed by atoms with Crippen molar-refractivity contribution in [2.24, 2.45) is 11.3 Å². The van der Waals surface area contributed by atoms with E-state index in [2.05, 4.69) is 27.3 Å². The molecule has 3 heterocycles. The van der Waals surface area contributed by atoms with Crippen LogP contribution >= 0.6 is 0 Å². The largest absolute Gasteiger partial charge is 0.349 e. The fourth-order valence-corrected chi connectivity index (χ4v) is 5.08. The average molecular weight is 449 g/mol. The van der Waals surface area contributed by atoms with Gasteiger partial charge >= 0.3 is 0 Å². The first kappa shape index (κ1) is 23.4. The fourth-order valence-electron chi connectivity index (χ4n) is 5.08.